The first-order valence-corrected chi connectivity index (χ1v) is 10.9. The molecule has 1 aliphatic rings. The molecule has 0 saturated carbocycles. The molecule has 1 unspecified atom stereocenters. The van der Waals surface area contributed by atoms with Gasteiger partial charge in [-0.15, -0.1) is 0 Å². The molecule has 0 fully saturated rings. The van der Waals surface area contributed by atoms with Crippen molar-refractivity contribution < 1.29 is 38.8 Å². The predicted octanol–water partition coefficient (Wildman–Crippen LogP) is 1.77. The summed E-state index contributed by atoms with van der Waals surface area (Å²) in [6, 6.07) is 10.8. The van der Waals surface area contributed by atoms with Crippen LogP contribution in [0.1, 0.15) is 47.3 Å². The molecule has 2 amide bonds. The third kappa shape index (κ3) is 8.02. The minimum Gasteiger partial charge on any atom is -0.489 e. The van der Waals surface area contributed by atoms with Crippen LogP contribution in [-0.2, 0) is 27.4 Å². The second-order valence-corrected chi connectivity index (χ2v) is 8.02. The summed E-state index contributed by atoms with van der Waals surface area (Å²) in [5.74, 6) is -3.00. The number of amides is 2. The topological polar surface area (TPSA) is 183 Å². The number of carboxylic acid groups (broad SMARTS) is 2. The van der Waals surface area contributed by atoms with E-state index in [9.17, 15) is 24.3 Å². The van der Waals surface area contributed by atoms with Crippen molar-refractivity contribution in [2.24, 2.45) is 5.73 Å². The normalized spacial score (nSPS) is 12.9. The number of carboxylic acids is 2. The lowest BCUT2D eigenvalue weighted by Gasteiger charge is -2.34. The Labute approximate surface area is 214 Å². The van der Waals surface area contributed by atoms with Gasteiger partial charge >= 0.3 is 11.9 Å². The molecule has 12 heteroatoms. The van der Waals surface area contributed by atoms with Crippen molar-refractivity contribution in [2.45, 2.75) is 39.3 Å². The van der Waals surface area contributed by atoms with Crippen LogP contribution in [0, 0.1) is 5.41 Å². The van der Waals surface area contributed by atoms with Crippen LogP contribution in [0.5, 0.6) is 5.75 Å². The molecular formula is C25H31FN4O7. The van der Waals surface area contributed by atoms with E-state index in [1.54, 1.807) is 42.5 Å². The summed E-state index contributed by atoms with van der Waals surface area (Å²) in [5.41, 5.74) is 8.01. The maximum absolute atomic E-state index is 13.1. The van der Waals surface area contributed by atoms with Crippen LogP contribution in [-0.4, -0.2) is 65.3 Å². The van der Waals surface area contributed by atoms with Gasteiger partial charge in [-0.25, -0.2) is 0 Å². The second-order valence-electron chi connectivity index (χ2n) is 8.02. The zero-order valence-corrected chi connectivity index (χ0v) is 19.2. The van der Waals surface area contributed by atoms with Gasteiger partial charge in [0.2, 0.25) is 5.91 Å². The quantitative estimate of drug-likeness (QED) is 0.219. The van der Waals surface area contributed by atoms with Gasteiger partial charge in [0.25, 0.3) is 7.36 Å². The Morgan fingerprint density at radius 1 is 1.16 bits per heavy atom. The Morgan fingerprint density at radius 3 is 2.43 bits per heavy atom. The van der Waals surface area contributed by atoms with Gasteiger partial charge in [-0.3, -0.25) is 29.3 Å². The lowest BCUT2D eigenvalue weighted by atomic mass is 9.96. The van der Waals surface area contributed by atoms with E-state index in [1.165, 1.54) is 4.90 Å². The highest BCUT2D eigenvalue weighted by atomic mass is 19.0. The number of halogens is 1. The molecule has 0 bridgehead atoms. The van der Waals surface area contributed by atoms with E-state index in [2.05, 4.69) is 6.77 Å². The van der Waals surface area contributed by atoms with E-state index < -0.39 is 36.2 Å². The third-order valence-corrected chi connectivity index (χ3v) is 5.55. The van der Waals surface area contributed by atoms with Crippen LogP contribution < -0.4 is 15.8 Å². The highest BCUT2D eigenvalue weighted by molar-refractivity contribution is 6.00. The van der Waals surface area contributed by atoms with Gasteiger partial charge in [0.1, 0.15) is 24.2 Å². The average Bonchev–Trinajstić information content (AvgIpc) is 2.87. The van der Waals surface area contributed by atoms with Gasteiger partial charge in [0.15, 0.2) is 0 Å². The number of carbonyl (C=O) groups excluding carboxylic acids is 2. The molecule has 1 heterocycles. The number of rotatable bonds is 11. The maximum Gasteiger partial charge on any atom is 0.305 e. The molecule has 2 aromatic carbocycles. The number of nitrogens with two attached hydrogens (primary N) is 1. The smallest absolute Gasteiger partial charge is 0.305 e. The minimum absolute atomic E-state index is 0. The molecule has 2 aromatic rings. The number of nitrogen functional groups attached to an aromatic ring is 1. The fourth-order valence-corrected chi connectivity index (χ4v) is 3.74. The highest BCUT2D eigenvalue weighted by Crippen LogP contribution is 2.26. The van der Waals surface area contributed by atoms with E-state index in [1.807, 2.05) is 0 Å². The van der Waals surface area contributed by atoms with Crippen LogP contribution in [0.2, 0.25) is 0 Å². The summed E-state index contributed by atoms with van der Waals surface area (Å²) < 4.78 is 18.8. The Morgan fingerprint density at radius 2 is 1.84 bits per heavy atom. The van der Waals surface area contributed by atoms with E-state index in [-0.39, 0.29) is 39.4 Å². The number of aliphatic carboxylic acids is 2. The summed E-state index contributed by atoms with van der Waals surface area (Å²) in [6.07, 6.45) is -0.514. The van der Waals surface area contributed by atoms with Gasteiger partial charge in [-0.05, 0) is 35.7 Å². The standard InChI is InChI=1S/C24H26N4O7.CH4.FH/c25-22(26)15-3-1-14(2-4-15)13-35-17-5-6-18-16(11-17)8-10-28(24(18)34)19(12-21(31)32)23(33)27-9-7-20(29)30;;/h1-6,11,19H,7-10,12-13H2,(H3,25,26)(H,27,33)(H,29,30)(H,31,32);1H4;1H/i/hT. The number of ether oxygens (including phenoxy) is 1. The fourth-order valence-electron chi connectivity index (χ4n) is 3.74. The molecule has 0 aliphatic carbocycles. The predicted molar refractivity (Wildman–Crippen MR) is 134 cm³/mol. The molecule has 200 valence electrons. The minimum atomic E-state index is -1.25. The largest absolute Gasteiger partial charge is 0.489 e. The van der Waals surface area contributed by atoms with Crippen molar-refractivity contribution in [1.82, 2.24) is 10.2 Å². The lowest BCUT2D eigenvalue weighted by Crippen LogP contribution is -2.53. The molecule has 37 heavy (non-hydrogen) atoms. The molecular weight excluding hydrogens is 487 g/mol. The van der Waals surface area contributed by atoms with Gasteiger partial charge < -0.3 is 30.9 Å². The first kappa shape index (κ1) is 28.8. The van der Waals surface area contributed by atoms with E-state index >= 15 is 0 Å². The number of nitrogens with one attached hydrogen (secondary N) is 2. The molecule has 3 rings (SSSR count). The number of carbonyl (C=O) groups is 4. The van der Waals surface area contributed by atoms with Crippen LogP contribution in [0.15, 0.2) is 42.5 Å². The summed E-state index contributed by atoms with van der Waals surface area (Å²) in [5, 5.41) is 27.8. The maximum atomic E-state index is 13.1. The molecule has 0 aromatic heterocycles. The Bertz CT molecular complexity index is 1160. The van der Waals surface area contributed by atoms with E-state index in [0.717, 1.165) is 11.1 Å². The summed E-state index contributed by atoms with van der Waals surface area (Å²) in [4.78, 5) is 48.9. The Kier molecular flexibility index (Phi) is 10.5. The van der Waals surface area contributed by atoms with Crippen LogP contribution in [0.4, 0.5) is 4.72 Å². The molecule has 6 N–H and O–H groups in total. The van der Waals surface area contributed by atoms with Gasteiger partial charge in [0, 0.05) is 24.2 Å². The molecule has 0 spiro atoms. The monoisotopic (exact) mass is 520 g/mol. The number of amidine groups is 1. The van der Waals surface area contributed by atoms with Crippen molar-refractivity contribution in [3.8, 4) is 5.75 Å². The van der Waals surface area contributed by atoms with Crippen LogP contribution >= 0.6 is 0 Å². The number of benzene rings is 2. The van der Waals surface area contributed by atoms with Crippen LogP contribution in [0.25, 0.3) is 0 Å². The van der Waals surface area contributed by atoms with Crippen molar-refractivity contribution in [3.63, 3.8) is 0 Å². The Hall–Kier alpha value is -4.48. The van der Waals surface area contributed by atoms with Crippen molar-refractivity contribution >= 4 is 29.6 Å². The van der Waals surface area contributed by atoms with E-state index in [4.69, 9.17) is 25.7 Å². The average molecular weight is 521 g/mol. The lowest BCUT2D eigenvalue weighted by molar-refractivity contribution is -0.142. The van der Waals surface area contributed by atoms with E-state index in [0.29, 0.717) is 23.3 Å². The number of fused-ring (bicyclic) bond motifs is 1. The number of hydrogen-bond acceptors (Lipinski definition) is 6. The zero-order chi connectivity index (χ0) is 27.5. The summed E-state index contributed by atoms with van der Waals surface area (Å²) in [6.45, 7) is 0.238. The van der Waals surface area contributed by atoms with Gasteiger partial charge in [-0.1, -0.05) is 31.7 Å². The zero-order valence-electron chi connectivity index (χ0n) is 20.2. The highest BCUT2D eigenvalue weighted by Gasteiger charge is 2.35. The summed E-state index contributed by atoms with van der Waals surface area (Å²) in [7, 11) is 0. The molecule has 0 saturated heterocycles. The first-order valence-electron chi connectivity index (χ1n) is 11.2. The van der Waals surface area contributed by atoms with Crippen LogP contribution in [0.3, 0.4) is 0 Å². The first-order chi connectivity index (χ1) is 17.7. The number of hydrogen-bond donors (Lipinski definition) is 5. The van der Waals surface area contributed by atoms with Gasteiger partial charge in [0.05, 0.1) is 12.8 Å². The number of nitrogens with zero attached hydrogens (tertiary/aromatic N) is 1. The molecule has 0 radical (unpaired) electrons. The summed E-state index contributed by atoms with van der Waals surface area (Å²) >= 11 is 0. The fraction of sp³-hybridized carbons (Fsp3) is 0.320. The van der Waals surface area contributed by atoms with Crippen molar-refractivity contribution in [1.29, 1.82) is 6.86 Å². The molecule has 1 aliphatic heterocycles. The Balaban J connectivity index is 0.00000235. The van der Waals surface area contributed by atoms with Gasteiger partial charge in [-0.2, -0.15) is 0 Å². The van der Waals surface area contributed by atoms with Crippen molar-refractivity contribution in [2.75, 3.05) is 13.1 Å². The molecule has 11 nitrogen and oxygen atoms in total. The third-order valence-electron chi connectivity index (χ3n) is 5.55. The SMILES string of the molecule is C.N=C(N)c1ccc(COc2ccc3c(c2)CCN(C(CC(=O)O)C(=O)NCCC(=O)O)C3=O)cc1.[3H]F. The molecule has 1 atom stereocenters. The van der Waals surface area contributed by atoms with Crippen molar-refractivity contribution in [3.05, 3.63) is 64.7 Å². The second kappa shape index (κ2) is 13.6.